The maximum Gasteiger partial charge on any atom is 0.266 e. The number of piperidine rings is 1. The van der Waals surface area contributed by atoms with Crippen LogP contribution in [-0.4, -0.2) is 35.6 Å². The minimum Gasteiger partial charge on any atom is -0.488 e. The van der Waals surface area contributed by atoms with Crippen LogP contribution in [0.3, 0.4) is 0 Å². The Labute approximate surface area is 227 Å². The molecule has 0 spiro atoms. The second-order valence-electron chi connectivity index (χ2n) is 9.04. The molecule has 2 fully saturated rings. The monoisotopic (exact) mass is 531 g/mol. The zero-order chi connectivity index (χ0) is 25.6. The highest BCUT2D eigenvalue weighted by Crippen LogP contribution is 2.36. The van der Waals surface area contributed by atoms with Crippen molar-refractivity contribution in [2.45, 2.75) is 32.8 Å². The summed E-state index contributed by atoms with van der Waals surface area (Å²) in [6.45, 7) is 5.09. The number of carbonyl (C=O) groups excluding carboxylic acids is 1. The number of hydrogen-bond acceptors (Lipinski definition) is 5. The second-order valence-corrected chi connectivity index (χ2v) is 10.5. The first-order valence-corrected chi connectivity index (χ1v) is 13.9. The quantitative estimate of drug-likeness (QED) is 0.295. The summed E-state index contributed by atoms with van der Waals surface area (Å²) in [5.41, 5.74) is 3.84. The van der Waals surface area contributed by atoms with Gasteiger partial charge in [0.25, 0.3) is 5.91 Å². The fourth-order valence-electron chi connectivity index (χ4n) is 4.51. The Balaban J connectivity index is 1.34. The van der Waals surface area contributed by atoms with E-state index in [1.807, 2.05) is 73.7 Å². The third-order valence-electron chi connectivity index (χ3n) is 6.55. The summed E-state index contributed by atoms with van der Waals surface area (Å²) in [5.74, 6) is 0.655. The summed E-state index contributed by atoms with van der Waals surface area (Å²) in [4.78, 5) is 22.8. The third kappa shape index (κ3) is 6.03. The van der Waals surface area contributed by atoms with Crippen LogP contribution < -0.4 is 9.64 Å². The summed E-state index contributed by atoms with van der Waals surface area (Å²) >= 11 is 7.69. The second kappa shape index (κ2) is 11.9. The SMILES string of the molecule is CCN1C(=O)/C(=C/c2ccccc2OCc2ccccc2Cl)SC1=Nc1ccc(N2CCCCC2)cc1. The molecule has 2 heterocycles. The molecule has 2 aliphatic heterocycles. The van der Waals surface area contributed by atoms with Gasteiger partial charge in [-0.2, -0.15) is 0 Å². The predicted molar refractivity (Wildman–Crippen MR) is 155 cm³/mol. The molecular formula is C30H30ClN3O2S. The van der Waals surface area contributed by atoms with Gasteiger partial charge in [0.15, 0.2) is 5.17 Å². The number of ether oxygens (including phenoxy) is 1. The first-order valence-electron chi connectivity index (χ1n) is 12.7. The molecule has 37 heavy (non-hydrogen) atoms. The first-order chi connectivity index (χ1) is 18.1. The molecule has 0 radical (unpaired) electrons. The van der Waals surface area contributed by atoms with Crippen LogP contribution in [0.2, 0.25) is 5.02 Å². The zero-order valence-corrected chi connectivity index (χ0v) is 22.5. The number of halogens is 1. The van der Waals surface area contributed by atoms with Crippen LogP contribution in [-0.2, 0) is 11.4 Å². The molecule has 3 aromatic carbocycles. The molecule has 5 rings (SSSR count). The van der Waals surface area contributed by atoms with E-state index in [-0.39, 0.29) is 5.91 Å². The van der Waals surface area contributed by atoms with Crippen molar-refractivity contribution in [1.82, 2.24) is 4.90 Å². The summed E-state index contributed by atoms with van der Waals surface area (Å²) in [6.07, 6.45) is 5.70. The van der Waals surface area contributed by atoms with Crippen molar-refractivity contribution in [2.75, 3.05) is 24.5 Å². The van der Waals surface area contributed by atoms with Crippen LogP contribution >= 0.6 is 23.4 Å². The molecule has 3 aromatic rings. The molecule has 0 bridgehead atoms. The Bertz CT molecular complexity index is 1320. The lowest BCUT2D eigenvalue weighted by Crippen LogP contribution is -2.29. The lowest BCUT2D eigenvalue weighted by atomic mass is 10.1. The van der Waals surface area contributed by atoms with E-state index in [9.17, 15) is 4.79 Å². The average Bonchev–Trinajstić information content (AvgIpc) is 3.23. The number of hydrogen-bond donors (Lipinski definition) is 0. The van der Waals surface area contributed by atoms with Crippen LogP contribution in [0.25, 0.3) is 6.08 Å². The van der Waals surface area contributed by atoms with Gasteiger partial charge in [-0.1, -0.05) is 48.0 Å². The highest BCUT2D eigenvalue weighted by atomic mass is 35.5. The number of likely N-dealkylation sites (N-methyl/N-ethyl adjacent to an activating group) is 1. The highest BCUT2D eigenvalue weighted by Gasteiger charge is 2.32. The Kier molecular flexibility index (Phi) is 8.17. The van der Waals surface area contributed by atoms with Crippen molar-refractivity contribution in [1.29, 1.82) is 0 Å². The number of amidine groups is 1. The molecule has 7 heteroatoms. The van der Waals surface area contributed by atoms with Crippen molar-refractivity contribution in [2.24, 2.45) is 4.99 Å². The van der Waals surface area contributed by atoms with Gasteiger partial charge >= 0.3 is 0 Å². The lowest BCUT2D eigenvalue weighted by Gasteiger charge is -2.28. The molecule has 0 aromatic heterocycles. The third-order valence-corrected chi connectivity index (χ3v) is 7.92. The normalized spacial score (nSPS) is 18.2. The van der Waals surface area contributed by atoms with E-state index in [0.717, 1.165) is 29.9 Å². The number of benzene rings is 3. The first kappa shape index (κ1) is 25.4. The Morgan fingerprint density at radius 1 is 0.973 bits per heavy atom. The molecule has 0 atom stereocenters. The standard InChI is InChI=1S/C30H30ClN3O2S/c1-2-34-29(35)28(20-22-10-5-7-13-27(22)36-21-23-11-4-6-12-26(23)31)37-30(34)32-24-14-16-25(17-15-24)33-18-8-3-9-19-33/h4-7,10-17,20H,2-3,8-9,18-19,21H2,1H3/b28-20-,32-30?. The fraction of sp³-hybridized carbons (Fsp3) is 0.267. The van der Waals surface area contributed by atoms with Gasteiger partial charge < -0.3 is 9.64 Å². The van der Waals surface area contributed by atoms with Gasteiger partial charge in [-0.25, -0.2) is 4.99 Å². The van der Waals surface area contributed by atoms with Crippen molar-refractivity contribution in [3.05, 3.63) is 93.9 Å². The molecule has 2 aliphatic rings. The minimum absolute atomic E-state index is 0.0444. The minimum atomic E-state index is -0.0444. The van der Waals surface area contributed by atoms with E-state index in [1.165, 1.54) is 36.7 Å². The predicted octanol–water partition coefficient (Wildman–Crippen LogP) is 7.53. The number of thioether (sulfide) groups is 1. The Hall–Kier alpha value is -3.22. The van der Waals surface area contributed by atoms with E-state index in [0.29, 0.717) is 34.0 Å². The summed E-state index contributed by atoms with van der Waals surface area (Å²) in [5, 5.41) is 1.36. The van der Waals surface area contributed by atoms with E-state index in [2.05, 4.69) is 17.0 Å². The zero-order valence-electron chi connectivity index (χ0n) is 20.9. The van der Waals surface area contributed by atoms with E-state index in [4.69, 9.17) is 21.3 Å². The largest absolute Gasteiger partial charge is 0.488 e. The van der Waals surface area contributed by atoms with Gasteiger partial charge in [0.2, 0.25) is 0 Å². The molecule has 5 nitrogen and oxygen atoms in total. The van der Waals surface area contributed by atoms with Crippen LogP contribution in [0, 0.1) is 0 Å². The smallest absolute Gasteiger partial charge is 0.266 e. The summed E-state index contributed by atoms with van der Waals surface area (Å²) < 4.78 is 6.09. The number of para-hydroxylation sites is 1. The number of amides is 1. The van der Waals surface area contributed by atoms with Crippen molar-refractivity contribution < 1.29 is 9.53 Å². The van der Waals surface area contributed by atoms with E-state index < -0.39 is 0 Å². The van der Waals surface area contributed by atoms with E-state index in [1.54, 1.807) is 4.90 Å². The van der Waals surface area contributed by atoms with Crippen molar-refractivity contribution in [3.8, 4) is 5.75 Å². The highest BCUT2D eigenvalue weighted by molar-refractivity contribution is 8.18. The topological polar surface area (TPSA) is 45.1 Å². The molecule has 0 N–H and O–H groups in total. The molecule has 0 unspecified atom stereocenters. The molecular weight excluding hydrogens is 502 g/mol. The van der Waals surface area contributed by atoms with Crippen LogP contribution in [0.1, 0.15) is 37.3 Å². The Morgan fingerprint density at radius 3 is 2.46 bits per heavy atom. The molecule has 0 saturated carbocycles. The average molecular weight is 532 g/mol. The van der Waals surface area contributed by atoms with Gasteiger partial charge in [0.05, 0.1) is 10.6 Å². The molecule has 1 amide bonds. The van der Waals surface area contributed by atoms with Crippen molar-refractivity contribution >= 4 is 51.9 Å². The van der Waals surface area contributed by atoms with Crippen LogP contribution in [0.5, 0.6) is 5.75 Å². The summed E-state index contributed by atoms with van der Waals surface area (Å²) in [7, 11) is 0. The van der Waals surface area contributed by atoms with Gasteiger partial charge in [-0.15, -0.1) is 0 Å². The van der Waals surface area contributed by atoms with Crippen LogP contribution in [0.15, 0.2) is 82.7 Å². The molecule has 0 aliphatic carbocycles. The van der Waals surface area contributed by atoms with Gasteiger partial charge in [-0.3, -0.25) is 9.69 Å². The number of nitrogens with zero attached hydrogens (tertiary/aromatic N) is 3. The van der Waals surface area contributed by atoms with Crippen molar-refractivity contribution in [3.63, 3.8) is 0 Å². The van der Waals surface area contributed by atoms with Gasteiger partial charge in [-0.05, 0) is 80.4 Å². The maximum absolute atomic E-state index is 13.2. The van der Waals surface area contributed by atoms with Crippen LogP contribution in [0.4, 0.5) is 11.4 Å². The number of carbonyl (C=O) groups is 1. The lowest BCUT2D eigenvalue weighted by molar-refractivity contribution is -0.122. The molecule has 2 saturated heterocycles. The number of rotatable bonds is 7. The number of aliphatic imine (C=N–C) groups is 1. The number of anilines is 1. The maximum atomic E-state index is 13.2. The van der Waals surface area contributed by atoms with Gasteiger partial charge in [0, 0.05) is 41.5 Å². The van der Waals surface area contributed by atoms with E-state index >= 15 is 0 Å². The Morgan fingerprint density at radius 2 is 1.70 bits per heavy atom. The fourth-order valence-corrected chi connectivity index (χ4v) is 5.76. The molecule has 190 valence electrons. The summed E-state index contributed by atoms with van der Waals surface area (Å²) in [6, 6.07) is 23.7. The van der Waals surface area contributed by atoms with Gasteiger partial charge in [0.1, 0.15) is 12.4 Å².